The van der Waals surface area contributed by atoms with E-state index < -0.39 is 18.5 Å². The highest BCUT2D eigenvalue weighted by Gasteiger charge is 2.17. The van der Waals surface area contributed by atoms with Crippen LogP contribution in [0.2, 0.25) is 0 Å². The Kier molecular flexibility index (Phi) is 6.87. The number of carbonyl (C=O) groups is 3. The maximum Gasteiger partial charge on any atom is 0.342 e. The summed E-state index contributed by atoms with van der Waals surface area (Å²) in [6.45, 7) is 4.44. The van der Waals surface area contributed by atoms with Gasteiger partial charge in [0.2, 0.25) is 0 Å². The van der Waals surface area contributed by atoms with Crippen LogP contribution in [0, 0.1) is 0 Å². The number of rotatable bonds is 7. The van der Waals surface area contributed by atoms with Crippen molar-refractivity contribution in [3.8, 4) is 5.75 Å². The third-order valence-corrected chi connectivity index (χ3v) is 4.90. The quantitative estimate of drug-likeness (QED) is 0.567. The van der Waals surface area contributed by atoms with Gasteiger partial charge in [0.05, 0.1) is 0 Å². The molecular formula is C24H24N2O5. The fraction of sp³-hybridized carbons (Fsp3) is 0.208. The molecule has 0 aliphatic carbocycles. The molecule has 0 unspecified atom stereocenters. The number of amides is 2. The third kappa shape index (κ3) is 5.01. The van der Waals surface area contributed by atoms with Gasteiger partial charge in [-0.15, -0.1) is 0 Å². The number of carbonyl (C=O) groups excluding carboxylic acids is 3. The minimum absolute atomic E-state index is 0.0154. The first kappa shape index (κ1) is 21.8. The maximum absolute atomic E-state index is 12.5. The zero-order valence-electron chi connectivity index (χ0n) is 17.4. The molecule has 0 saturated heterocycles. The highest BCUT2D eigenvalue weighted by molar-refractivity contribution is 6.02. The number of ether oxygens (including phenoxy) is 1. The maximum atomic E-state index is 12.5. The highest BCUT2D eigenvalue weighted by Crippen LogP contribution is 2.29. The summed E-state index contributed by atoms with van der Waals surface area (Å²) in [7, 11) is 0. The van der Waals surface area contributed by atoms with Crippen molar-refractivity contribution in [3.63, 3.8) is 0 Å². The second-order valence-electron chi connectivity index (χ2n) is 6.87. The predicted octanol–water partition coefficient (Wildman–Crippen LogP) is 3.82. The Labute approximate surface area is 180 Å². The number of fused-ring (bicyclic) bond motifs is 1. The second kappa shape index (κ2) is 9.75. The molecule has 0 saturated carbocycles. The minimum Gasteiger partial charge on any atom is -0.506 e. The van der Waals surface area contributed by atoms with Crippen LogP contribution in [-0.2, 0) is 9.53 Å². The van der Waals surface area contributed by atoms with Crippen LogP contribution in [0.5, 0.6) is 5.75 Å². The number of nitrogens with zero attached hydrogens (tertiary/aromatic N) is 1. The molecule has 31 heavy (non-hydrogen) atoms. The van der Waals surface area contributed by atoms with Gasteiger partial charge >= 0.3 is 5.97 Å². The van der Waals surface area contributed by atoms with Gasteiger partial charge in [0.1, 0.15) is 11.3 Å². The van der Waals surface area contributed by atoms with Crippen LogP contribution >= 0.6 is 0 Å². The number of benzene rings is 3. The summed E-state index contributed by atoms with van der Waals surface area (Å²) >= 11 is 0. The van der Waals surface area contributed by atoms with Crippen LogP contribution in [0.25, 0.3) is 10.8 Å². The van der Waals surface area contributed by atoms with Crippen molar-refractivity contribution in [2.45, 2.75) is 13.8 Å². The fourth-order valence-corrected chi connectivity index (χ4v) is 3.25. The molecule has 0 aliphatic rings. The summed E-state index contributed by atoms with van der Waals surface area (Å²) in [4.78, 5) is 38.7. The molecule has 0 fully saturated rings. The Morgan fingerprint density at radius 2 is 1.71 bits per heavy atom. The van der Waals surface area contributed by atoms with Crippen LogP contribution in [-0.4, -0.2) is 47.5 Å². The molecule has 7 nitrogen and oxygen atoms in total. The normalized spacial score (nSPS) is 10.5. The lowest BCUT2D eigenvalue weighted by molar-refractivity contribution is -0.119. The number of esters is 1. The zero-order chi connectivity index (χ0) is 22.4. The first-order valence-corrected chi connectivity index (χ1v) is 10.0. The first-order valence-electron chi connectivity index (χ1n) is 10.0. The summed E-state index contributed by atoms with van der Waals surface area (Å²) in [5.41, 5.74) is 0.866. The zero-order valence-corrected chi connectivity index (χ0v) is 17.4. The highest BCUT2D eigenvalue weighted by atomic mass is 16.5. The van der Waals surface area contributed by atoms with Gasteiger partial charge in [-0.05, 0) is 43.5 Å². The molecule has 3 aromatic rings. The first-order chi connectivity index (χ1) is 14.9. The van der Waals surface area contributed by atoms with Crippen molar-refractivity contribution in [2.75, 3.05) is 25.0 Å². The SMILES string of the molecule is CCN(CC)C(=O)c1cccc(NC(=O)COC(=O)c2ccc3ccccc3c2O)c1. The Balaban J connectivity index is 1.63. The lowest BCUT2D eigenvalue weighted by Gasteiger charge is -2.19. The number of hydrogen-bond acceptors (Lipinski definition) is 5. The standard InChI is InChI=1S/C24H24N2O5/c1-3-26(4-2)23(29)17-9-7-10-18(14-17)25-21(27)15-31-24(30)20-13-12-16-8-5-6-11-19(16)22(20)28/h5-14,28H,3-4,15H2,1-2H3,(H,25,27). The number of phenolic OH excluding ortho intramolecular Hbond substituents is 1. The van der Waals surface area contributed by atoms with E-state index >= 15 is 0 Å². The molecule has 0 atom stereocenters. The van der Waals surface area contributed by atoms with E-state index in [1.54, 1.807) is 47.4 Å². The van der Waals surface area contributed by atoms with Gasteiger partial charge in [0.15, 0.2) is 6.61 Å². The van der Waals surface area contributed by atoms with Gasteiger partial charge < -0.3 is 20.1 Å². The van der Waals surface area contributed by atoms with E-state index in [1.807, 2.05) is 26.0 Å². The lowest BCUT2D eigenvalue weighted by Crippen LogP contribution is -2.30. The Morgan fingerprint density at radius 3 is 2.45 bits per heavy atom. The monoisotopic (exact) mass is 420 g/mol. The van der Waals surface area contributed by atoms with Crippen molar-refractivity contribution < 1.29 is 24.2 Å². The Bertz CT molecular complexity index is 1120. The van der Waals surface area contributed by atoms with Crippen LogP contribution in [0.4, 0.5) is 5.69 Å². The second-order valence-corrected chi connectivity index (χ2v) is 6.87. The van der Waals surface area contributed by atoms with Gasteiger partial charge in [-0.2, -0.15) is 0 Å². The molecule has 2 N–H and O–H groups in total. The van der Waals surface area contributed by atoms with Crippen molar-refractivity contribution in [1.29, 1.82) is 0 Å². The molecular weight excluding hydrogens is 396 g/mol. The molecule has 0 radical (unpaired) electrons. The lowest BCUT2D eigenvalue weighted by atomic mass is 10.1. The van der Waals surface area contributed by atoms with Crippen LogP contribution < -0.4 is 5.32 Å². The average Bonchev–Trinajstić information content (AvgIpc) is 2.79. The number of anilines is 1. The van der Waals surface area contributed by atoms with Gasteiger partial charge in [0.25, 0.3) is 11.8 Å². The third-order valence-electron chi connectivity index (χ3n) is 4.90. The van der Waals surface area contributed by atoms with Crippen molar-refractivity contribution >= 4 is 34.2 Å². The Morgan fingerprint density at radius 1 is 0.968 bits per heavy atom. The summed E-state index contributed by atoms with van der Waals surface area (Å²) in [5.74, 6) is -1.67. The van der Waals surface area contributed by atoms with E-state index in [1.165, 1.54) is 6.07 Å². The number of nitrogens with one attached hydrogen (secondary N) is 1. The molecule has 0 aromatic heterocycles. The molecule has 3 aromatic carbocycles. The van der Waals surface area contributed by atoms with Crippen molar-refractivity contribution in [3.05, 3.63) is 71.8 Å². The topological polar surface area (TPSA) is 95.9 Å². The molecule has 3 rings (SSSR count). The number of phenols is 1. The summed E-state index contributed by atoms with van der Waals surface area (Å²) < 4.78 is 5.06. The molecule has 0 spiro atoms. The molecule has 2 amide bonds. The van der Waals surface area contributed by atoms with Crippen LogP contribution in [0.15, 0.2) is 60.7 Å². The smallest absolute Gasteiger partial charge is 0.342 e. The molecule has 0 bridgehead atoms. The fourth-order valence-electron chi connectivity index (χ4n) is 3.25. The van der Waals surface area contributed by atoms with E-state index in [0.717, 1.165) is 5.39 Å². The van der Waals surface area contributed by atoms with E-state index in [0.29, 0.717) is 29.7 Å². The van der Waals surface area contributed by atoms with Crippen LogP contribution in [0.1, 0.15) is 34.6 Å². The molecule has 0 aliphatic heterocycles. The van der Waals surface area contributed by atoms with Crippen molar-refractivity contribution in [2.24, 2.45) is 0 Å². The Hall–Kier alpha value is -3.87. The summed E-state index contributed by atoms with van der Waals surface area (Å²) in [6.07, 6.45) is 0. The number of hydrogen-bond donors (Lipinski definition) is 2. The molecule has 160 valence electrons. The largest absolute Gasteiger partial charge is 0.506 e. The van der Waals surface area contributed by atoms with E-state index in [4.69, 9.17) is 4.74 Å². The average molecular weight is 420 g/mol. The van der Waals surface area contributed by atoms with Gasteiger partial charge in [0, 0.05) is 29.7 Å². The van der Waals surface area contributed by atoms with Crippen LogP contribution in [0.3, 0.4) is 0 Å². The minimum atomic E-state index is -0.802. The van der Waals surface area contributed by atoms with Gasteiger partial charge in [-0.25, -0.2) is 4.79 Å². The number of aromatic hydroxyl groups is 1. The molecule has 0 heterocycles. The predicted molar refractivity (Wildman–Crippen MR) is 118 cm³/mol. The van der Waals surface area contributed by atoms with Crippen molar-refractivity contribution in [1.82, 2.24) is 4.90 Å². The van der Waals surface area contributed by atoms with Gasteiger partial charge in [-0.1, -0.05) is 36.4 Å². The summed E-state index contributed by atoms with van der Waals surface area (Å²) in [6, 6.07) is 16.8. The molecule has 7 heteroatoms. The van der Waals surface area contributed by atoms with E-state index in [-0.39, 0.29) is 17.2 Å². The summed E-state index contributed by atoms with van der Waals surface area (Å²) in [5, 5.41) is 14.3. The van der Waals surface area contributed by atoms with E-state index in [2.05, 4.69) is 5.32 Å². The van der Waals surface area contributed by atoms with Gasteiger partial charge in [-0.3, -0.25) is 9.59 Å². The van der Waals surface area contributed by atoms with E-state index in [9.17, 15) is 19.5 Å².